The fraction of sp³-hybridized carbons (Fsp3) is 0.375. The summed E-state index contributed by atoms with van der Waals surface area (Å²) in [7, 11) is 0. The highest BCUT2D eigenvalue weighted by Crippen LogP contribution is 2.36. The lowest BCUT2D eigenvalue weighted by atomic mass is 10.0. The van der Waals surface area contributed by atoms with E-state index in [9.17, 15) is 0 Å². The molecule has 19 heavy (non-hydrogen) atoms. The summed E-state index contributed by atoms with van der Waals surface area (Å²) in [6.07, 6.45) is 0.175. The monoisotopic (exact) mass is 294 g/mol. The van der Waals surface area contributed by atoms with Gasteiger partial charge in [0.15, 0.2) is 0 Å². The molecule has 0 bridgehead atoms. The van der Waals surface area contributed by atoms with Crippen LogP contribution in [-0.4, -0.2) is 6.10 Å². The van der Waals surface area contributed by atoms with Gasteiger partial charge in [-0.15, -0.1) is 22.9 Å². The van der Waals surface area contributed by atoms with Gasteiger partial charge in [0.05, 0.1) is 11.5 Å². The van der Waals surface area contributed by atoms with E-state index in [1.165, 1.54) is 15.3 Å². The Labute approximate surface area is 124 Å². The van der Waals surface area contributed by atoms with Crippen molar-refractivity contribution >= 4 is 22.9 Å². The molecule has 0 fully saturated rings. The predicted molar refractivity (Wildman–Crippen MR) is 83.7 cm³/mol. The maximum absolute atomic E-state index is 6.61. The van der Waals surface area contributed by atoms with E-state index in [0.717, 1.165) is 11.3 Å². The van der Waals surface area contributed by atoms with Crippen LogP contribution in [0.3, 0.4) is 0 Å². The number of benzene rings is 1. The fourth-order valence-electron chi connectivity index (χ4n) is 2.10. The van der Waals surface area contributed by atoms with E-state index >= 15 is 0 Å². The van der Waals surface area contributed by atoms with Crippen LogP contribution < -0.4 is 4.74 Å². The Morgan fingerprint density at radius 1 is 1.16 bits per heavy atom. The van der Waals surface area contributed by atoms with Gasteiger partial charge in [-0.05, 0) is 57.0 Å². The zero-order valence-electron chi connectivity index (χ0n) is 11.7. The second-order valence-corrected chi connectivity index (χ2v) is 6.87. The molecule has 1 heterocycles. The van der Waals surface area contributed by atoms with Crippen molar-refractivity contribution in [2.45, 2.75) is 39.2 Å². The average Bonchev–Trinajstić information content (AvgIpc) is 2.67. The van der Waals surface area contributed by atoms with E-state index in [0.29, 0.717) is 0 Å². The summed E-state index contributed by atoms with van der Waals surface area (Å²) < 4.78 is 5.72. The van der Waals surface area contributed by atoms with E-state index in [1.807, 2.05) is 32.0 Å². The van der Waals surface area contributed by atoms with Crippen molar-refractivity contribution in [1.29, 1.82) is 0 Å². The zero-order chi connectivity index (χ0) is 14.0. The summed E-state index contributed by atoms with van der Waals surface area (Å²) in [5.74, 6) is 0.878. The number of aryl methyl sites for hydroxylation is 2. The molecule has 0 aliphatic rings. The Morgan fingerprint density at radius 2 is 1.89 bits per heavy atom. The van der Waals surface area contributed by atoms with Crippen molar-refractivity contribution in [3.8, 4) is 5.75 Å². The summed E-state index contributed by atoms with van der Waals surface area (Å²) in [6.45, 7) is 8.29. The molecule has 1 aromatic carbocycles. The first kappa shape index (κ1) is 14.4. The molecule has 0 aliphatic heterocycles. The van der Waals surface area contributed by atoms with Gasteiger partial charge in [0.25, 0.3) is 0 Å². The molecule has 0 amide bonds. The summed E-state index contributed by atoms with van der Waals surface area (Å²) >= 11 is 8.40. The third kappa shape index (κ3) is 3.52. The molecule has 0 radical (unpaired) electrons. The van der Waals surface area contributed by atoms with Crippen LogP contribution in [0.5, 0.6) is 5.75 Å². The second kappa shape index (κ2) is 5.98. The minimum atomic E-state index is -0.110. The smallest absolute Gasteiger partial charge is 0.120 e. The normalized spacial score (nSPS) is 12.7. The molecular weight excluding hydrogens is 276 g/mol. The third-order valence-electron chi connectivity index (χ3n) is 2.87. The Kier molecular flexibility index (Phi) is 4.54. The van der Waals surface area contributed by atoms with Crippen LogP contribution in [0, 0.1) is 13.8 Å². The number of rotatable bonds is 4. The summed E-state index contributed by atoms with van der Waals surface area (Å²) in [5, 5.41) is -0.110. The van der Waals surface area contributed by atoms with Crippen LogP contribution >= 0.6 is 22.9 Å². The molecule has 1 aromatic heterocycles. The molecule has 0 saturated carbocycles. The molecule has 2 rings (SSSR count). The molecule has 3 heteroatoms. The van der Waals surface area contributed by atoms with Crippen LogP contribution in [0.25, 0.3) is 0 Å². The molecule has 2 aromatic rings. The highest BCUT2D eigenvalue weighted by Gasteiger charge is 2.16. The van der Waals surface area contributed by atoms with Crippen LogP contribution in [0.1, 0.15) is 40.1 Å². The van der Waals surface area contributed by atoms with Gasteiger partial charge in [0, 0.05) is 9.75 Å². The van der Waals surface area contributed by atoms with Gasteiger partial charge in [-0.25, -0.2) is 0 Å². The van der Waals surface area contributed by atoms with E-state index < -0.39 is 0 Å². The molecule has 0 saturated heterocycles. The molecule has 1 atom stereocenters. The van der Waals surface area contributed by atoms with E-state index in [1.54, 1.807) is 11.3 Å². The number of thiophene rings is 1. The van der Waals surface area contributed by atoms with Crippen molar-refractivity contribution in [3.63, 3.8) is 0 Å². The Morgan fingerprint density at radius 3 is 2.47 bits per heavy atom. The summed E-state index contributed by atoms with van der Waals surface area (Å²) in [4.78, 5) is 2.58. The van der Waals surface area contributed by atoms with Crippen LogP contribution in [0.15, 0.2) is 30.3 Å². The largest absolute Gasteiger partial charge is 0.491 e. The molecule has 102 valence electrons. The lowest BCUT2D eigenvalue weighted by Gasteiger charge is -2.14. The van der Waals surface area contributed by atoms with Gasteiger partial charge in [-0.1, -0.05) is 12.1 Å². The van der Waals surface area contributed by atoms with Gasteiger partial charge >= 0.3 is 0 Å². The van der Waals surface area contributed by atoms with E-state index in [2.05, 4.69) is 26.0 Å². The first-order valence-corrected chi connectivity index (χ1v) is 7.70. The Balaban J connectivity index is 2.28. The van der Waals surface area contributed by atoms with Crippen LogP contribution in [0.2, 0.25) is 0 Å². The Hall–Kier alpha value is -0.990. The number of ether oxygens (including phenoxy) is 1. The summed E-state index contributed by atoms with van der Waals surface area (Å²) in [6, 6.07) is 10.2. The lowest BCUT2D eigenvalue weighted by Crippen LogP contribution is -2.06. The average molecular weight is 295 g/mol. The zero-order valence-corrected chi connectivity index (χ0v) is 13.3. The third-order valence-corrected chi connectivity index (χ3v) is 4.34. The van der Waals surface area contributed by atoms with Gasteiger partial charge < -0.3 is 4.74 Å². The molecule has 1 unspecified atom stereocenters. The minimum Gasteiger partial charge on any atom is -0.491 e. The van der Waals surface area contributed by atoms with Crippen LogP contribution in [-0.2, 0) is 0 Å². The quantitative estimate of drug-likeness (QED) is 0.678. The number of alkyl halides is 1. The molecule has 0 N–H and O–H groups in total. The van der Waals surface area contributed by atoms with Gasteiger partial charge in [-0.2, -0.15) is 0 Å². The topological polar surface area (TPSA) is 9.23 Å². The maximum atomic E-state index is 6.61. The van der Waals surface area contributed by atoms with Crippen molar-refractivity contribution in [2.75, 3.05) is 0 Å². The number of halogens is 1. The highest BCUT2D eigenvalue weighted by atomic mass is 35.5. The fourth-order valence-corrected chi connectivity index (χ4v) is 3.49. The molecular formula is C16H19ClOS. The SMILES string of the molecule is Cc1cc(C(Cl)c2cccc(OC(C)C)c2)c(C)s1. The van der Waals surface area contributed by atoms with E-state index in [4.69, 9.17) is 16.3 Å². The van der Waals surface area contributed by atoms with Gasteiger partial charge in [0.2, 0.25) is 0 Å². The number of hydrogen-bond donors (Lipinski definition) is 0. The predicted octanol–water partition coefficient (Wildman–Crippen LogP) is 5.48. The van der Waals surface area contributed by atoms with E-state index in [-0.39, 0.29) is 11.5 Å². The molecule has 0 spiro atoms. The lowest BCUT2D eigenvalue weighted by molar-refractivity contribution is 0.242. The van der Waals surface area contributed by atoms with Crippen LogP contribution in [0.4, 0.5) is 0 Å². The van der Waals surface area contributed by atoms with Crippen molar-refractivity contribution in [1.82, 2.24) is 0 Å². The van der Waals surface area contributed by atoms with Gasteiger partial charge in [-0.3, -0.25) is 0 Å². The minimum absolute atomic E-state index is 0.110. The maximum Gasteiger partial charge on any atom is 0.120 e. The highest BCUT2D eigenvalue weighted by molar-refractivity contribution is 7.12. The molecule has 0 aliphatic carbocycles. The van der Waals surface area contributed by atoms with Crippen molar-refractivity contribution in [2.24, 2.45) is 0 Å². The number of hydrogen-bond acceptors (Lipinski definition) is 2. The standard InChI is InChI=1S/C16H19ClOS/c1-10(2)18-14-7-5-6-13(9-14)16(17)15-8-11(3)19-12(15)4/h5-10,16H,1-4H3. The van der Waals surface area contributed by atoms with Crippen molar-refractivity contribution < 1.29 is 4.74 Å². The summed E-state index contributed by atoms with van der Waals surface area (Å²) in [5.41, 5.74) is 2.28. The van der Waals surface area contributed by atoms with Crippen molar-refractivity contribution in [3.05, 3.63) is 51.2 Å². The molecule has 1 nitrogen and oxygen atoms in total. The second-order valence-electron chi connectivity index (χ2n) is 4.97. The first-order valence-electron chi connectivity index (χ1n) is 6.45. The Bertz CT molecular complexity index is 560. The first-order chi connectivity index (χ1) is 8.97. The van der Waals surface area contributed by atoms with Gasteiger partial charge in [0.1, 0.15) is 5.75 Å².